The third-order valence-electron chi connectivity index (χ3n) is 5.31. The summed E-state index contributed by atoms with van der Waals surface area (Å²) in [6, 6.07) is 11.9. The number of amides is 2. The van der Waals surface area contributed by atoms with Crippen LogP contribution in [0.4, 0.5) is 14.9 Å². The summed E-state index contributed by atoms with van der Waals surface area (Å²) >= 11 is 0. The number of nitrogens with two attached hydrogens (primary N) is 1. The number of aromatic nitrogens is 2. The second kappa shape index (κ2) is 10.5. The number of hydrogen-bond acceptors (Lipinski definition) is 5. The zero-order chi connectivity index (χ0) is 22.7. The summed E-state index contributed by atoms with van der Waals surface area (Å²) < 4.78 is 20.1. The van der Waals surface area contributed by atoms with Gasteiger partial charge in [0, 0.05) is 24.9 Å². The molecule has 4 rings (SSSR count). The van der Waals surface area contributed by atoms with Crippen LogP contribution in [0.15, 0.2) is 54.9 Å². The van der Waals surface area contributed by atoms with Gasteiger partial charge in [-0.05, 0) is 35.7 Å². The largest absolute Gasteiger partial charge is 0.442 e. The second-order valence-electron chi connectivity index (χ2n) is 7.70. The molecule has 1 aliphatic heterocycles. The maximum absolute atomic E-state index is 14.9. The third kappa shape index (κ3) is 5.68. The number of nitrogens with zero attached hydrogens (tertiary/aromatic N) is 2. The molecule has 33 heavy (non-hydrogen) atoms. The van der Waals surface area contributed by atoms with Gasteiger partial charge in [-0.25, -0.2) is 14.2 Å². The van der Waals surface area contributed by atoms with E-state index in [9.17, 15) is 14.0 Å². The van der Waals surface area contributed by atoms with Crippen molar-refractivity contribution in [2.24, 2.45) is 5.73 Å². The van der Waals surface area contributed by atoms with Crippen molar-refractivity contribution < 1.29 is 18.7 Å². The molecular formula is C23H25ClFN5O3. The van der Waals surface area contributed by atoms with Crippen molar-refractivity contribution in [3.63, 3.8) is 0 Å². The van der Waals surface area contributed by atoms with Gasteiger partial charge in [0.15, 0.2) is 0 Å². The number of ether oxygens (including phenoxy) is 1. The molecule has 1 saturated heterocycles. The van der Waals surface area contributed by atoms with Crippen molar-refractivity contribution in [1.82, 2.24) is 15.3 Å². The van der Waals surface area contributed by atoms with Gasteiger partial charge < -0.3 is 20.8 Å². The normalized spacial score (nSPS) is 16.2. The molecule has 2 aromatic carbocycles. The van der Waals surface area contributed by atoms with E-state index in [1.54, 1.807) is 24.5 Å². The number of hydrogen-bond donors (Lipinski definition) is 3. The summed E-state index contributed by atoms with van der Waals surface area (Å²) in [5, 5.41) is 2.62. The van der Waals surface area contributed by atoms with Crippen molar-refractivity contribution in [3.05, 3.63) is 72.1 Å². The minimum atomic E-state index is -0.565. The van der Waals surface area contributed by atoms with Gasteiger partial charge in [0.05, 0.1) is 24.8 Å². The van der Waals surface area contributed by atoms with Crippen LogP contribution < -0.4 is 16.0 Å². The monoisotopic (exact) mass is 473 g/mol. The highest BCUT2D eigenvalue weighted by Crippen LogP contribution is 2.29. The Morgan fingerprint density at radius 2 is 2.09 bits per heavy atom. The lowest BCUT2D eigenvalue weighted by molar-refractivity contribution is -0.119. The van der Waals surface area contributed by atoms with Crippen LogP contribution in [-0.2, 0) is 16.0 Å². The average molecular weight is 474 g/mol. The number of anilines is 1. The molecule has 0 spiro atoms. The lowest BCUT2D eigenvalue weighted by Gasteiger charge is -2.15. The molecule has 174 valence electrons. The molecule has 0 radical (unpaired) electrons. The SMILES string of the molecule is CC(=O)NCC1CN(c2ccc(-c3ccc(CC(N)c4ncc[nH]4)cc3)c(F)c2)C(=O)O1.Cl. The Bertz CT molecular complexity index is 1110. The predicted molar refractivity (Wildman–Crippen MR) is 125 cm³/mol. The van der Waals surface area contributed by atoms with Crippen molar-refractivity contribution in [1.29, 1.82) is 0 Å². The minimum absolute atomic E-state index is 0. The molecule has 8 nitrogen and oxygen atoms in total. The predicted octanol–water partition coefficient (Wildman–Crippen LogP) is 3.34. The second-order valence-corrected chi connectivity index (χ2v) is 7.70. The number of aromatic amines is 1. The van der Waals surface area contributed by atoms with Crippen LogP contribution in [0.5, 0.6) is 0 Å². The number of carbonyl (C=O) groups excluding carboxylic acids is 2. The average Bonchev–Trinajstić information content (AvgIpc) is 3.43. The zero-order valence-electron chi connectivity index (χ0n) is 18.0. The molecule has 2 unspecified atom stereocenters. The summed E-state index contributed by atoms with van der Waals surface area (Å²) in [5.41, 5.74) is 8.73. The first-order valence-electron chi connectivity index (χ1n) is 10.3. The van der Waals surface area contributed by atoms with Crippen molar-refractivity contribution >= 4 is 30.1 Å². The van der Waals surface area contributed by atoms with Crippen molar-refractivity contribution in [2.45, 2.75) is 25.5 Å². The van der Waals surface area contributed by atoms with Crippen molar-refractivity contribution in [3.8, 4) is 11.1 Å². The Labute approximate surface area is 196 Å². The molecule has 1 aromatic heterocycles. The van der Waals surface area contributed by atoms with E-state index in [4.69, 9.17) is 10.5 Å². The van der Waals surface area contributed by atoms with E-state index in [1.807, 2.05) is 24.3 Å². The van der Waals surface area contributed by atoms with Gasteiger partial charge in [0.2, 0.25) is 5.91 Å². The van der Waals surface area contributed by atoms with Crippen LogP contribution in [-0.4, -0.2) is 41.2 Å². The standard InChI is InChI=1S/C23H24FN5O3.ClH/c1-14(30)28-12-18-13-29(23(31)32-18)17-6-7-19(20(24)11-17)16-4-2-15(3-5-16)10-21(25)22-26-8-9-27-22;/h2-9,11,18,21H,10,12-13,25H2,1H3,(H,26,27)(H,28,30);1H. The van der Waals surface area contributed by atoms with E-state index >= 15 is 0 Å². The molecule has 1 aliphatic rings. The van der Waals surface area contributed by atoms with Gasteiger partial charge in [0.25, 0.3) is 0 Å². The zero-order valence-corrected chi connectivity index (χ0v) is 18.8. The molecule has 2 amide bonds. The molecule has 0 saturated carbocycles. The highest BCUT2D eigenvalue weighted by Gasteiger charge is 2.32. The molecule has 2 heterocycles. The first-order chi connectivity index (χ1) is 15.4. The molecule has 0 aliphatic carbocycles. The fourth-order valence-electron chi connectivity index (χ4n) is 3.65. The molecule has 0 bridgehead atoms. The van der Waals surface area contributed by atoms with Gasteiger partial charge in [-0.3, -0.25) is 9.69 Å². The summed E-state index contributed by atoms with van der Waals surface area (Å²) in [5.74, 6) is 0.0694. The topological polar surface area (TPSA) is 113 Å². The maximum atomic E-state index is 14.9. The number of H-pyrrole nitrogens is 1. The number of nitrogens with one attached hydrogen (secondary N) is 2. The lowest BCUT2D eigenvalue weighted by atomic mass is 10.00. The number of benzene rings is 2. The van der Waals surface area contributed by atoms with Crippen molar-refractivity contribution in [2.75, 3.05) is 18.0 Å². The van der Waals surface area contributed by atoms with Gasteiger partial charge in [-0.2, -0.15) is 0 Å². The van der Waals surface area contributed by atoms with Gasteiger partial charge in [0.1, 0.15) is 17.7 Å². The Morgan fingerprint density at radius 3 is 2.73 bits per heavy atom. The summed E-state index contributed by atoms with van der Waals surface area (Å²) in [6.07, 6.45) is 2.95. The van der Waals surface area contributed by atoms with Crippen LogP contribution in [0.2, 0.25) is 0 Å². The number of rotatable bonds is 7. The molecule has 10 heteroatoms. The van der Waals surface area contributed by atoms with Gasteiger partial charge in [-0.15, -0.1) is 12.4 Å². The molecule has 1 fully saturated rings. The fraction of sp³-hybridized carbons (Fsp3) is 0.261. The maximum Gasteiger partial charge on any atom is 0.414 e. The van der Waals surface area contributed by atoms with E-state index in [2.05, 4.69) is 15.3 Å². The van der Waals surface area contributed by atoms with Gasteiger partial charge in [-0.1, -0.05) is 24.3 Å². The minimum Gasteiger partial charge on any atom is -0.442 e. The Morgan fingerprint density at radius 1 is 1.33 bits per heavy atom. The molecule has 4 N–H and O–H groups in total. The quantitative estimate of drug-likeness (QED) is 0.487. The third-order valence-corrected chi connectivity index (χ3v) is 5.31. The molecule has 2 atom stereocenters. The molecular weight excluding hydrogens is 449 g/mol. The number of imidazole rings is 1. The van der Waals surface area contributed by atoms with Gasteiger partial charge >= 0.3 is 6.09 Å². The Hall–Kier alpha value is -3.43. The van der Waals surface area contributed by atoms with Crippen LogP contribution in [0, 0.1) is 5.82 Å². The highest BCUT2D eigenvalue weighted by molar-refractivity contribution is 5.90. The smallest absolute Gasteiger partial charge is 0.414 e. The highest BCUT2D eigenvalue weighted by atomic mass is 35.5. The summed E-state index contributed by atoms with van der Waals surface area (Å²) in [6.45, 7) is 1.85. The lowest BCUT2D eigenvalue weighted by Crippen LogP contribution is -2.33. The number of cyclic esters (lactones) is 1. The Kier molecular flexibility index (Phi) is 7.67. The van der Waals surface area contributed by atoms with E-state index in [-0.39, 0.29) is 37.4 Å². The van der Waals surface area contributed by atoms with Crippen LogP contribution in [0.25, 0.3) is 11.1 Å². The van der Waals surface area contributed by atoms with Crippen LogP contribution >= 0.6 is 12.4 Å². The number of carbonyl (C=O) groups is 2. The molecule has 3 aromatic rings. The first kappa shape index (κ1) is 24.2. The summed E-state index contributed by atoms with van der Waals surface area (Å²) in [4.78, 5) is 31.7. The summed E-state index contributed by atoms with van der Waals surface area (Å²) in [7, 11) is 0. The Balaban J connectivity index is 0.00000306. The van der Waals surface area contributed by atoms with E-state index in [0.717, 1.165) is 17.0 Å². The first-order valence-corrected chi connectivity index (χ1v) is 10.3. The fourth-order valence-corrected chi connectivity index (χ4v) is 3.65. The van der Waals surface area contributed by atoms with Crippen LogP contribution in [0.1, 0.15) is 24.4 Å². The van der Waals surface area contributed by atoms with E-state index in [1.165, 1.54) is 17.9 Å². The van der Waals surface area contributed by atoms with E-state index in [0.29, 0.717) is 17.7 Å². The van der Waals surface area contributed by atoms with Crippen LogP contribution in [0.3, 0.4) is 0 Å². The van der Waals surface area contributed by atoms with E-state index < -0.39 is 18.0 Å². The number of halogens is 2.